The molecule has 8 aromatic rings. The van der Waals surface area contributed by atoms with Crippen molar-refractivity contribution in [2.24, 2.45) is 0 Å². The van der Waals surface area contributed by atoms with Crippen LogP contribution in [0.15, 0.2) is 176 Å². The average Bonchev–Trinajstić information content (AvgIpc) is 3.43. The molecule has 10 rings (SSSR count). The van der Waals surface area contributed by atoms with E-state index in [0.29, 0.717) is 17.5 Å². The molecule has 2 aliphatic rings. The van der Waals surface area contributed by atoms with Gasteiger partial charge in [-0.05, 0) is 79.9 Å². The summed E-state index contributed by atoms with van der Waals surface area (Å²) in [5, 5.41) is 0. The average molecular weight is 668 g/mol. The number of aromatic nitrogens is 3. The third-order valence-electron chi connectivity index (χ3n) is 10.4. The maximum absolute atomic E-state index is 14.2. The zero-order valence-electron chi connectivity index (χ0n) is 28.0. The Labute approximate surface area is 301 Å². The second-order valence-electron chi connectivity index (χ2n) is 13.3. The number of hydrogen-bond acceptors (Lipinski definition) is 3. The molecule has 0 N–H and O–H groups in total. The zero-order chi connectivity index (χ0) is 34.6. The van der Waals surface area contributed by atoms with Crippen LogP contribution in [-0.4, -0.2) is 15.0 Å². The molecule has 1 atom stereocenters. The molecule has 0 fully saturated rings. The molecule has 0 bridgehead atoms. The highest BCUT2D eigenvalue weighted by molar-refractivity contribution is 5.99. The Kier molecular flexibility index (Phi) is 6.90. The normalized spacial score (nSPS) is 15.2. The van der Waals surface area contributed by atoms with Crippen molar-refractivity contribution in [3.8, 4) is 45.3 Å². The summed E-state index contributed by atoms with van der Waals surface area (Å²) in [7, 11) is 0. The smallest absolute Gasteiger partial charge is 0.164 e. The van der Waals surface area contributed by atoms with Gasteiger partial charge in [0.05, 0.1) is 5.41 Å². The van der Waals surface area contributed by atoms with Crippen molar-refractivity contribution >= 4 is 11.6 Å². The fourth-order valence-corrected chi connectivity index (χ4v) is 8.19. The molecule has 1 unspecified atom stereocenters. The van der Waals surface area contributed by atoms with Crippen molar-refractivity contribution in [2.45, 2.75) is 5.41 Å². The fourth-order valence-electron chi connectivity index (χ4n) is 8.19. The first-order valence-corrected chi connectivity index (χ1v) is 17.5. The third kappa shape index (κ3) is 4.61. The number of halogens is 1. The van der Waals surface area contributed by atoms with Gasteiger partial charge < -0.3 is 0 Å². The van der Waals surface area contributed by atoms with Crippen molar-refractivity contribution in [1.82, 2.24) is 15.0 Å². The molecule has 1 heterocycles. The Hall–Kier alpha value is -6.78. The molecule has 0 saturated carbocycles. The predicted octanol–water partition coefficient (Wildman–Crippen LogP) is 11.3. The van der Waals surface area contributed by atoms with Gasteiger partial charge in [-0.1, -0.05) is 158 Å². The largest absolute Gasteiger partial charge is 0.208 e. The molecule has 1 spiro atoms. The number of hydrogen-bond donors (Lipinski definition) is 0. The predicted molar refractivity (Wildman–Crippen MR) is 207 cm³/mol. The molecule has 2 aliphatic carbocycles. The van der Waals surface area contributed by atoms with Crippen molar-refractivity contribution in [3.63, 3.8) is 0 Å². The minimum absolute atomic E-state index is 0.251. The Balaban J connectivity index is 1.27. The Bertz CT molecular complexity index is 2630. The number of rotatable bonds is 4. The SMILES string of the molecule is Fc1ccc(C2=Cc3ccccc3C3(c4ccccc42)c2ccccc2-c2ccc(-c4nc(-c5ccccc5)nc(-c5ccccc5)n4)cc23)cc1. The highest BCUT2D eigenvalue weighted by atomic mass is 19.1. The molecule has 1 aromatic heterocycles. The van der Waals surface area contributed by atoms with Crippen molar-refractivity contribution in [2.75, 3.05) is 0 Å². The van der Waals surface area contributed by atoms with Gasteiger partial charge in [-0.3, -0.25) is 0 Å². The van der Waals surface area contributed by atoms with E-state index in [1.165, 1.54) is 33.4 Å². The van der Waals surface area contributed by atoms with Crippen molar-refractivity contribution in [1.29, 1.82) is 0 Å². The third-order valence-corrected chi connectivity index (χ3v) is 10.4. The summed E-state index contributed by atoms with van der Waals surface area (Å²) < 4.78 is 14.2. The number of nitrogens with zero attached hydrogens (tertiary/aromatic N) is 3. The van der Waals surface area contributed by atoms with Crippen LogP contribution in [-0.2, 0) is 5.41 Å². The Morgan fingerprint density at radius 3 is 1.50 bits per heavy atom. The molecule has 0 radical (unpaired) electrons. The second kappa shape index (κ2) is 11.9. The van der Waals surface area contributed by atoms with Gasteiger partial charge in [-0.15, -0.1) is 0 Å². The van der Waals surface area contributed by atoms with Gasteiger partial charge in [0.2, 0.25) is 0 Å². The first-order chi connectivity index (χ1) is 25.7. The summed E-state index contributed by atoms with van der Waals surface area (Å²) in [6.45, 7) is 0. The standard InChI is InChI=1S/C48H30FN3/c49-36-26-23-31(24-27-36)40-29-34-17-7-10-20-41(34)48(43-22-12-9-19-38(40)43)42-21-11-8-18-37(42)39-28-25-35(30-44(39)48)47-51-45(32-13-3-1-4-14-32)50-46(52-47)33-15-5-2-6-16-33/h1-30H. The zero-order valence-corrected chi connectivity index (χ0v) is 28.0. The lowest BCUT2D eigenvalue weighted by Crippen LogP contribution is -2.30. The van der Waals surface area contributed by atoms with Crippen LogP contribution in [0.1, 0.15) is 38.9 Å². The molecule has 52 heavy (non-hydrogen) atoms. The summed E-state index contributed by atoms with van der Waals surface area (Å²) >= 11 is 0. The molecule has 7 aromatic carbocycles. The van der Waals surface area contributed by atoms with Crippen LogP contribution in [0.3, 0.4) is 0 Å². The first-order valence-electron chi connectivity index (χ1n) is 17.5. The van der Waals surface area contributed by atoms with E-state index in [4.69, 9.17) is 15.0 Å². The lowest BCUT2D eigenvalue weighted by atomic mass is 9.65. The van der Waals surface area contributed by atoms with E-state index in [-0.39, 0.29) is 5.82 Å². The lowest BCUT2D eigenvalue weighted by Gasteiger charge is -2.35. The van der Waals surface area contributed by atoms with Crippen LogP contribution in [0.25, 0.3) is 56.9 Å². The van der Waals surface area contributed by atoms with Crippen molar-refractivity contribution in [3.05, 3.63) is 221 Å². The van der Waals surface area contributed by atoms with Gasteiger partial charge in [0.25, 0.3) is 0 Å². The highest BCUT2D eigenvalue weighted by Gasteiger charge is 2.49. The van der Waals surface area contributed by atoms with Crippen LogP contribution >= 0.6 is 0 Å². The van der Waals surface area contributed by atoms with Gasteiger partial charge in [0.1, 0.15) is 5.82 Å². The monoisotopic (exact) mass is 667 g/mol. The lowest BCUT2D eigenvalue weighted by molar-refractivity contribution is 0.627. The first kappa shape index (κ1) is 30.1. The van der Waals surface area contributed by atoms with Gasteiger partial charge in [0, 0.05) is 16.7 Å². The minimum atomic E-state index is -0.662. The van der Waals surface area contributed by atoms with Gasteiger partial charge in [0.15, 0.2) is 17.5 Å². The summed E-state index contributed by atoms with van der Waals surface area (Å²) in [5.41, 5.74) is 13.5. The summed E-state index contributed by atoms with van der Waals surface area (Å²) in [4.78, 5) is 15.2. The van der Waals surface area contributed by atoms with Crippen molar-refractivity contribution < 1.29 is 4.39 Å². The molecule has 0 saturated heterocycles. The maximum Gasteiger partial charge on any atom is 0.164 e. The van der Waals surface area contributed by atoms with Crippen LogP contribution in [0.5, 0.6) is 0 Å². The second-order valence-corrected chi connectivity index (χ2v) is 13.3. The minimum Gasteiger partial charge on any atom is -0.208 e. The van der Waals surface area contributed by atoms with Crippen LogP contribution in [0.4, 0.5) is 4.39 Å². The van der Waals surface area contributed by atoms with Crippen LogP contribution in [0.2, 0.25) is 0 Å². The summed E-state index contributed by atoms with van der Waals surface area (Å²) in [6, 6.07) is 59.8. The van der Waals surface area contributed by atoms with E-state index >= 15 is 0 Å². The van der Waals surface area contributed by atoms with E-state index in [2.05, 4.69) is 97.1 Å². The maximum atomic E-state index is 14.2. The molecule has 244 valence electrons. The molecule has 0 amide bonds. The molecule has 4 heteroatoms. The van der Waals surface area contributed by atoms with Gasteiger partial charge in [-0.25, -0.2) is 19.3 Å². The fraction of sp³-hybridized carbons (Fsp3) is 0.0208. The molecular weight excluding hydrogens is 638 g/mol. The summed E-state index contributed by atoms with van der Waals surface area (Å²) in [6.07, 6.45) is 2.27. The van der Waals surface area contributed by atoms with E-state index < -0.39 is 5.41 Å². The molecular formula is C48H30FN3. The Morgan fingerprint density at radius 2 is 0.846 bits per heavy atom. The number of benzene rings is 7. The van der Waals surface area contributed by atoms with Gasteiger partial charge >= 0.3 is 0 Å². The quantitative estimate of drug-likeness (QED) is 0.187. The van der Waals surface area contributed by atoms with Crippen LogP contribution < -0.4 is 0 Å². The topological polar surface area (TPSA) is 38.7 Å². The Morgan fingerprint density at radius 1 is 0.365 bits per heavy atom. The van der Waals surface area contributed by atoms with E-state index in [1.54, 1.807) is 12.1 Å². The molecule has 3 nitrogen and oxygen atoms in total. The summed E-state index contributed by atoms with van der Waals surface area (Å²) in [5.74, 6) is 1.61. The van der Waals surface area contributed by atoms with E-state index in [0.717, 1.165) is 39.0 Å². The number of fused-ring (bicyclic) bond motifs is 9. The van der Waals surface area contributed by atoms with E-state index in [9.17, 15) is 4.39 Å². The van der Waals surface area contributed by atoms with E-state index in [1.807, 2.05) is 72.8 Å². The van der Waals surface area contributed by atoms with Gasteiger partial charge in [-0.2, -0.15) is 0 Å². The molecule has 0 aliphatic heterocycles. The highest BCUT2D eigenvalue weighted by Crippen LogP contribution is 2.60. The van der Waals surface area contributed by atoms with Crippen LogP contribution in [0, 0.1) is 5.82 Å².